The number of nitrogens with zero attached hydrogens (tertiary/aromatic N) is 2. The summed E-state index contributed by atoms with van der Waals surface area (Å²) in [6.45, 7) is 0.270. The first-order valence-corrected chi connectivity index (χ1v) is 8.43. The average Bonchev–Trinajstić information content (AvgIpc) is 3.21. The molecule has 0 radical (unpaired) electrons. The Labute approximate surface area is 135 Å². The molecule has 1 aromatic rings. The van der Waals surface area contributed by atoms with Crippen molar-refractivity contribution in [1.29, 1.82) is 0 Å². The number of hydrogen-bond donors (Lipinski definition) is 1. The Morgan fingerprint density at radius 1 is 1.22 bits per heavy atom. The van der Waals surface area contributed by atoms with Crippen LogP contribution in [0.5, 0.6) is 0 Å². The number of anilines is 1. The third kappa shape index (κ3) is 2.77. The molecular formula is C15H15F4N3S. The fraction of sp³-hybridized carbons (Fsp3) is 0.533. The van der Waals surface area contributed by atoms with Gasteiger partial charge in [-0.05, 0) is 49.8 Å². The molecule has 1 atom stereocenters. The first kappa shape index (κ1) is 15.1. The maximum Gasteiger partial charge on any atom is 0.408 e. The van der Waals surface area contributed by atoms with Crippen molar-refractivity contribution >= 4 is 29.2 Å². The molecule has 4 rings (SSSR count). The van der Waals surface area contributed by atoms with E-state index in [4.69, 9.17) is 0 Å². The Balaban J connectivity index is 1.78. The molecule has 124 valence electrons. The second-order valence-electron chi connectivity index (χ2n) is 6.14. The van der Waals surface area contributed by atoms with Crippen LogP contribution in [0.1, 0.15) is 25.7 Å². The van der Waals surface area contributed by atoms with Gasteiger partial charge in [0.1, 0.15) is 23.4 Å². The number of nitrogens with one attached hydrogen (secondary N) is 1. The number of amidine groups is 1. The fourth-order valence-electron chi connectivity index (χ4n) is 3.15. The minimum absolute atomic E-state index is 0.0410. The highest BCUT2D eigenvalue weighted by Gasteiger charge is 2.47. The maximum absolute atomic E-state index is 13.9. The van der Waals surface area contributed by atoms with Crippen molar-refractivity contribution in [2.24, 2.45) is 10.9 Å². The first-order chi connectivity index (χ1) is 10.9. The largest absolute Gasteiger partial charge is 0.408 e. The van der Waals surface area contributed by atoms with Crippen LogP contribution in [0.4, 0.5) is 28.9 Å². The van der Waals surface area contributed by atoms with Gasteiger partial charge in [0.05, 0.1) is 10.6 Å². The van der Waals surface area contributed by atoms with Crippen LogP contribution in [0.2, 0.25) is 0 Å². The fourth-order valence-corrected chi connectivity index (χ4v) is 3.99. The normalized spacial score (nSPS) is 24.3. The summed E-state index contributed by atoms with van der Waals surface area (Å²) in [6, 6.07) is 0.943. The van der Waals surface area contributed by atoms with E-state index in [1.165, 1.54) is 29.0 Å². The van der Waals surface area contributed by atoms with Crippen LogP contribution >= 0.6 is 11.9 Å². The van der Waals surface area contributed by atoms with E-state index < -0.39 is 18.0 Å². The molecule has 0 bridgehead atoms. The van der Waals surface area contributed by atoms with Crippen LogP contribution in [0, 0.1) is 11.7 Å². The molecule has 2 aliphatic heterocycles. The molecule has 3 nitrogen and oxygen atoms in total. The SMILES string of the molecule is Fc1cc2c(c(N3CCCC3C(F)(F)F)c1)N=C(C1CC1)NS2. The van der Waals surface area contributed by atoms with Crippen molar-refractivity contribution in [3.63, 3.8) is 0 Å². The Kier molecular flexibility index (Phi) is 3.48. The Morgan fingerprint density at radius 3 is 2.70 bits per heavy atom. The van der Waals surface area contributed by atoms with Gasteiger partial charge in [0.15, 0.2) is 0 Å². The van der Waals surface area contributed by atoms with Gasteiger partial charge in [-0.15, -0.1) is 0 Å². The predicted molar refractivity (Wildman–Crippen MR) is 81.6 cm³/mol. The highest BCUT2D eigenvalue weighted by molar-refractivity contribution is 7.98. The van der Waals surface area contributed by atoms with Crippen molar-refractivity contribution in [2.75, 3.05) is 11.4 Å². The standard InChI is InChI=1S/C15H15F4N3S/c16-9-6-10(22-5-1-2-12(22)15(17,18)19)13-11(7-9)23-21-14(20-13)8-3-4-8/h6-8,12H,1-5H2,(H,20,21). The van der Waals surface area contributed by atoms with Crippen molar-refractivity contribution in [1.82, 2.24) is 4.72 Å². The van der Waals surface area contributed by atoms with Gasteiger partial charge in [-0.1, -0.05) is 0 Å². The zero-order valence-corrected chi connectivity index (χ0v) is 13.0. The highest BCUT2D eigenvalue weighted by Crippen LogP contribution is 2.46. The van der Waals surface area contributed by atoms with Crippen LogP contribution in [0.3, 0.4) is 0 Å². The summed E-state index contributed by atoms with van der Waals surface area (Å²) in [6.07, 6.45) is -1.77. The lowest BCUT2D eigenvalue weighted by molar-refractivity contribution is -0.145. The van der Waals surface area contributed by atoms with Gasteiger partial charge in [-0.2, -0.15) is 13.2 Å². The van der Waals surface area contributed by atoms with Gasteiger partial charge in [0.2, 0.25) is 0 Å². The van der Waals surface area contributed by atoms with Gasteiger partial charge < -0.3 is 9.62 Å². The second-order valence-corrected chi connectivity index (χ2v) is 6.99. The minimum Gasteiger partial charge on any atom is -0.358 e. The number of halogens is 4. The lowest BCUT2D eigenvalue weighted by Crippen LogP contribution is -2.41. The number of fused-ring (bicyclic) bond motifs is 1. The zero-order valence-electron chi connectivity index (χ0n) is 12.2. The molecule has 1 N–H and O–H groups in total. The topological polar surface area (TPSA) is 27.6 Å². The molecule has 1 aromatic carbocycles. The lowest BCUT2D eigenvalue weighted by atomic mass is 10.1. The molecular weight excluding hydrogens is 330 g/mol. The summed E-state index contributed by atoms with van der Waals surface area (Å²) in [5.41, 5.74) is 0.722. The highest BCUT2D eigenvalue weighted by atomic mass is 32.2. The molecule has 0 amide bonds. The number of benzene rings is 1. The van der Waals surface area contributed by atoms with Gasteiger partial charge in [-0.25, -0.2) is 9.38 Å². The Morgan fingerprint density at radius 2 is 2.00 bits per heavy atom. The molecule has 2 fully saturated rings. The predicted octanol–water partition coefficient (Wildman–Crippen LogP) is 4.41. The van der Waals surface area contributed by atoms with Crippen LogP contribution in [-0.4, -0.2) is 24.6 Å². The molecule has 8 heteroatoms. The summed E-state index contributed by atoms with van der Waals surface area (Å²) in [4.78, 5) is 6.32. The van der Waals surface area contributed by atoms with Crippen molar-refractivity contribution < 1.29 is 17.6 Å². The summed E-state index contributed by atoms with van der Waals surface area (Å²) >= 11 is 1.23. The third-order valence-electron chi connectivity index (χ3n) is 4.42. The Bertz CT molecular complexity index is 669. The van der Waals surface area contributed by atoms with Crippen LogP contribution in [0.15, 0.2) is 22.0 Å². The molecule has 1 saturated carbocycles. The molecule has 1 unspecified atom stereocenters. The van der Waals surface area contributed by atoms with Crippen molar-refractivity contribution in [3.8, 4) is 0 Å². The Hall–Kier alpha value is -1.44. The number of hydrogen-bond acceptors (Lipinski definition) is 4. The monoisotopic (exact) mass is 345 g/mol. The molecule has 1 saturated heterocycles. The molecule has 3 aliphatic rings. The summed E-state index contributed by atoms with van der Waals surface area (Å²) in [5.74, 6) is 0.606. The third-order valence-corrected chi connectivity index (χ3v) is 5.26. The minimum atomic E-state index is -4.32. The van der Waals surface area contributed by atoms with E-state index in [0.717, 1.165) is 18.7 Å². The number of rotatable bonds is 2. The van der Waals surface area contributed by atoms with E-state index in [-0.39, 0.29) is 18.7 Å². The molecule has 0 spiro atoms. The quantitative estimate of drug-likeness (QED) is 0.636. The average molecular weight is 345 g/mol. The van der Waals surface area contributed by atoms with Crippen LogP contribution in [-0.2, 0) is 0 Å². The molecule has 23 heavy (non-hydrogen) atoms. The maximum atomic E-state index is 13.9. The van der Waals surface area contributed by atoms with Gasteiger partial charge in [0, 0.05) is 12.5 Å². The van der Waals surface area contributed by atoms with E-state index in [0.29, 0.717) is 22.9 Å². The van der Waals surface area contributed by atoms with Crippen molar-refractivity contribution in [3.05, 3.63) is 17.9 Å². The van der Waals surface area contributed by atoms with E-state index in [1.807, 2.05) is 0 Å². The second kappa shape index (κ2) is 5.29. The molecule has 2 heterocycles. The van der Waals surface area contributed by atoms with E-state index in [9.17, 15) is 17.6 Å². The number of aliphatic imine (C=N–C) groups is 1. The van der Waals surface area contributed by atoms with Crippen molar-refractivity contribution in [2.45, 2.75) is 42.8 Å². The summed E-state index contributed by atoms with van der Waals surface area (Å²) in [7, 11) is 0. The van der Waals surface area contributed by atoms with Gasteiger partial charge in [0.25, 0.3) is 0 Å². The van der Waals surface area contributed by atoms with Gasteiger partial charge in [-0.3, -0.25) is 0 Å². The van der Waals surface area contributed by atoms with E-state index in [1.54, 1.807) is 0 Å². The van der Waals surface area contributed by atoms with Gasteiger partial charge >= 0.3 is 6.18 Å². The smallest absolute Gasteiger partial charge is 0.358 e. The summed E-state index contributed by atoms with van der Waals surface area (Å²) in [5, 5.41) is 0. The molecule has 0 aromatic heterocycles. The number of alkyl halides is 3. The van der Waals surface area contributed by atoms with Crippen LogP contribution in [0.25, 0.3) is 0 Å². The first-order valence-electron chi connectivity index (χ1n) is 7.62. The summed E-state index contributed by atoms with van der Waals surface area (Å²) < 4.78 is 56.8. The van der Waals surface area contributed by atoms with E-state index >= 15 is 0 Å². The van der Waals surface area contributed by atoms with Crippen LogP contribution < -0.4 is 9.62 Å². The van der Waals surface area contributed by atoms with E-state index in [2.05, 4.69) is 9.71 Å². The zero-order chi connectivity index (χ0) is 16.2. The molecule has 1 aliphatic carbocycles. The lowest BCUT2D eigenvalue weighted by Gasteiger charge is -2.31.